The van der Waals surface area contributed by atoms with Crippen LogP contribution >= 0.6 is 11.3 Å². The molecule has 3 rings (SSSR count). The first-order valence-electron chi connectivity index (χ1n) is 5.38. The third-order valence-corrected chi connectivity index (χ3v) is 3.84. The van der Waals surface area contributed by atoms with Gasteiger partial charge in [0.05, 0.1) is 6.54 Å². The molecular formula is C11H13N3OS. The molecular weight excluding hydrogens is 222 g/mol. The van der Waals surface area contributed by atoms with Crippen LogP contribution in [-0.2, 0) is 19.5 Å². The zero-order valence-electron chi connectivity index (χ0n) is 9.14. The summed E-state index contributed by atoms with van der Waals surface area (Å²) in [4.78, 5) is 8.12. The third-order valence-electron chi connectivity index (χ3n) is 2.82. The maximum atomic E-state index is 4.97. The van der Waals surface area contributed by atoms with Gasteiger partial charge in [-0.15, -0.1) is 11.3 Å². The van der Waals surface area contributed by atoms with Crippen LogP contribution < -0.4 is 0 Å². The Morgan fingerprint density at radius 2 is 2.50 bits per heavy atom. The first-order chi connectivity index (χ1) is 7.81. The molecule has 0 unspecified atom stereocenters. The molecule has 0 amide bonds. The van der Waals surface area contributed by atoms with Crippen LogP contribution in [0.2, 0.25) is 0 Å². The van der Waals surface area contributed by atoms with Crippen LogP contribution in [0.3, 0.4) is 0 Å². The Morgan fingerprint density at radius 1 is 1.56 bits per heavy atom. The standard InChI is InChI=1S/C11H13N3OS/c1-8-12-11(13-15-8)7-14-4-2-10-9(6-14)3-5-16-10/h3,5H,2,4,6-7H2,1H3. The number of hydrogen-bond donors (Lipinski definition) is 0. The fraction of sp³-hybridized carbons (Fsp3) is 0.455. The lowest BCUT2D eigenvalue weighted by atomic mass is 10.1. The van der Waals surface area contributed by atoms with Crippen molar-refractivity contribution in [1.82, 2.24) is 15.0 Å². The van der Waals surface area contributed by atoms with Crippen molar-refractivity contribution in [2.24, 2.45) is 0 Å². The molecule has 1 aliphatic rings. The molecule has 0 N–H and O–H groups in total. The lowest BCUT2D eigenvalue weighted by Crippen LogP contribution is -2.29. The molecule has 2 aromatic heterocycles. The van der Waals surface area contributed by atoms with Crippen LogP contribution in [0.5, 0.6) is 0 Å². The molecule has 5 heteroatoms. The zero-order chi connectivity index (χ0) is 11.0. The molecule has 2 aromatic rings. The van der Waals surface area contributed by atoms with Crippen LogP contribution in [0, 0.1) is 6.92 Å². The number of rotatable bonds is 2. The van der Waals surface area contributed by atoms with Gasteiger partial charge in [0.2, 0.25) is 5.89 Å². The predicted octanol–water partition coefficient (Wildman–Crippen LogP) is 2.00. The highest BCUT2D eigenvalue weighted by molar-refractivity contribution is 7.10. The maximum Gasteiger partial charge on any atom is 0.223 e. The molecule has 84 valence electrons. The van der Waals surface area contributed by atoms with Crippen molar-refractivity contribution in [3.63, 3.8) is 0 Å². The molecule has 0 fully saturated rings. The lowest BCUT2D eigenvalue weighted by molar-refractivity contribution is 0.237. The Balaban J connectivity index is 1.70. The Labute approximate surface area is 97.9 Å². The van der Waals surface area contributed by atoms with Gasteiger partial charge in [0.1, 0.15) is 0 Å². The molecule has 3 heterocycles. The van der Waals surface area contributed by atoms with Crippen LogP contribution in [-0.4, -0.2) is 21.6 Å². The summed E-state index contributed by atoms with van der Waals surface area (Å²) in [7, 11) is 0. The van der Waals surface area contributed by atoms with Gasteiger partial charge in [-0.2, -0.15) is 4.98 Å². The largest absolute Gasteiger partial charge is 0.340 e. The highest BCUT2D eigenvalue weighted by Gasteiger charge is 2.18. The van der Waals surface area contributed by atoms with E-state index in [0.29, 0.717) is 5.89 Å². The van der Waals surface area contributed by atoms with E-state index in [4.69, 9.17) is 4.52 Å². The number of nitrogens with zero attached hydrogens (tertiary/aromatic N) is 3. The van der Waals surface area contributed by atoms with Gasteiger partial charge in [-0.05, 0) is 23.4 Å². The quantitative estimate of drug-likeness (QED) is 0.798. The van der Waals surface area contributed by atoms with E-state index in [1.807, 2.05) is 18.3 Å². The van der Waals surface area contributed by atoms with Crippen molar-refractivity contribution < 1.29 is 4.52 Å². The van der Waals surface area contributed by atoms with E-state index in [-0.39, 0.29) is 0 Å². The molecule has 0 saturated carbocycles. The van der Waals surface area contributed by atoms with Crippen molar-refractivity contribution in [2.45, 2.75) is 26.4 Å². The second-order valence-corrected chi connectivity index (χ2v) is 5.06. The van der Waals surface area contributed by atoms with Gasteiger partial charge >= 0.3 is 0 Å². The number of hydrogen-bond acceptors (Lipinski definition) is 5. The molecule has 0 saturated heterocycles. The van der Waals surface area contributed by atoms with Gasteiger partial charge in [-0.1, -0.05) is 5.16 Å². The summed E-state index contributed by atoms with van der Waals surface area (Å²) in [5, 5.41) is 6.10. The van der Waals surface area contributed by atoms with E-state index < -0.39 is 0 Å². The normalized spacial score (nSPS) is 16.3. The Hall–Kier alpha value is -1.20. The number of aromatic nitrogens is 2. The first kappa shape index (κ1) is 9.99. The molecule has 0 aliphatic carbocycles. The highest BCUT2D eigenvalue weighted by atomic mass is 32.1. The van der Waals surface area contributed by atoms with Crippen molar-refractivity contribution >= 4 is 11.3 Å². The van der Waals surface area contributed by atoms with E-state index >= 15 is 0 Å². The van der Waals surface area contributed by atoms with E-state index in [1.165, 1.54) is 10.4 Å². The molecule has 0 atom stereocenters. The minimum atomic E-state index is 0.642. The fourth-order valence-corrected chi connectivity index (χ4v) is 2.94. The minimum absolute atomic E-state index is 0.642. The topological polar surface area (TPSA) is 42.2 Å². The van der Waals surface area contributed by atoms with Gasteiger partial charge in [0.25, 0.3) is 0 Å². The van der Waals surface area contributed by atoms with Gasteiger partial charge in [0.15, 0.2) is 5.82 Å². The van der Waals surface area contributed by atoms with Crippen LogP contribution in [0.4, 0.5) is 0 Å². The molecule has 0 spiro atoms. The van der Waals surface area contributed by atoms with Crippen LogP contribution in [0.1, 0.15) is 22.2 Å². The fourth-order valence-electron chi connectivity index (χ4n) is 2.05. The average molecular weight is 235 g/mol. The van der Waals surface area contributed by atoms with Crippen molar-refractivity contribution in [2.75, 3.05) is 6.54 Å². The molecule has 0 bridgehead atoms. The van der Waals surface area contributed by atoms with Gasteiger partial charge < -0.3 is 4.52 Å². The number of fused-ring (bicyclic) bond motifs is 1. The van der Waals surface area contributed by atoms with Crippen LogP contribution in [0.25, 0.3) is 0 Å². The summed E-state index contributed by atoms with van der Waals surface area (Å²) in [6.07, 6.45) is 1.14. The molecule has 0 radical (unpaired) electrons. The average Bonchev–Trinajstić information content (AvgIpc) is 2.87. The number of thiophene rings is 1. The van der Waals surface area contributed by atoms with Gasteiger partial charge in [-0.3, -0.25) is 4.90 Å². The maximum absolute atomic E-state index is 4.97. The summed E-state index contributed by atoms with van der Waals surface area (Å²) >= 11 is 1.86. The van der Waals surface area contributed by atoms with Gasteiger partial charge in [0, 0.05) is 24.9 Å². The minimum Gasteiger partial charge on any atom is -0.340 e. The monoisotopic (exact) mass is 235 g/mol. The summed E-state index contributed by atoms with van der Waals surface area (Å²) in [6.45, 7) is 4.70. The number of aryl methyl sites for hydroxylation is 1. The SMILES string of the molecule is Cc1nc(CN2CCc3sccc3C2)no1. The van der Waals surface area contributed by atoms with Crippen molar-refractivity contribution in [3.05, 3.63) is 33.6 Å². The Bertz CT molecular complexity index is 491. The summed E-state index contributed by atoms with van der Waals surface area (Å²) in [5.74, 6) is 1.43. The third kappa shape index (κ3) is 1.88. The first-order valence-corrected chi connectivity index (χ1v) is 6.26. The van der Waals surface area contributed by atoms with Gasteiger partial charge in [-0.25, -0.2) is 0 Å². The summed E-state index contributed by atoms with van der Waals surface area (Å²) in [6, 6.07) is 2.22. The summed E-state index contributed by atoms with van der Waals surface area (Å²) < 4.78 is 4.97. The highest BCUT2D eigenvalue weighted by Crippen LogP contribution is 2.24. The smallest absolute Gasteiger partial charge is 0.223 e. The molecule has 4 nitrogen and oxygen atoms in total. The Morgan fingerprint density at radius 3 is 3.31 bits per heavy atom. The Kier molecular flexibility index (Phi) is 2.49. The van der Waals surface area contributed by atoms with E-state index in [2.05, 4.69) is 26.5 Å². The molecule has 0 aromatic carbocycles. The zero-order valence-corrected chi connectivity index (χ0v) is 9.96. The van der Waals surface area contributed by atoms with Crippen molar-refractivity contribution in [1.29, 1.82) is 0 Å². The van der Waals surface area contributed by atoms with Crippen LogP contribution in [0.15, 0.2) is 16.0 Å². The molecule has 1 aliphatic heterocycles. The van der Waals surface area contributed by atoms with Crippen molar-refractivity contribution in [3.8, 4) is 0 Å². The summed E-state index contributed by atoms with van der Waals surface area (Å²) in [5.41, 5.74) is 1.46. The van der Waals surface area contributed by atoms with E-state index in [0.717, 1.165) is 31.9 Å². The second kappa shape index (κ2) is 3.99. The predicted molar refractivity (Wildman–Crippen MR) is 61.2 cm³/mol. The van der Waals surface area contributed by atoms with E-state index in [9.17, 15) is 0 Å². The molecule has 16 heavy (non-hydrogen) atoms. The second-order valence-electron chi connectivity index (χ2n) is 4.06. The van der Waals surface area contributed by atoms with E-state index in [1.54, 1.807) is 0 Å². The lowest BCUT2D eigenvalue weighted by Gasteiger charge is -2.25.